The zero-order valence-corrected chi connectivity index (χ0v) is 83.1. The lowest BCUT2D eigenvalue weighted by molar-refractivity contribution is -0.384. The van der Waals surface area contributed by atoms with Crippen LogP contribution in [-0.4, -0.2) is 239 Å². The molecule has 43 heteroatoms. The number of fused-ring (bicyclic) bond motifs is 5. The van der Waals surface area contributed by atoms with Crippen molar-refractivity contribution in [3.63, 3.8) is 0 Å². The van der Waals surface area contributed by atoms with Gasteiger partial charge >= 0.3 is 41.5 Å². The summed E-state index contributed by atoms with van der Waals surface area (Å²) < 4.78 is 34.7. The van der Waals surface area contributed by atoms with E-state index >= 15 is 0 Å². The van der Waals surface area contributed by atoms with E-state index in [2.05, 4.69) is 75.0 Å². The number of methoxy groups -OCH3 is 5. The summed E-state index contributed by atoms with van der Waals surface area (Å²) in [6, 6.07) is 6.09. The molecule has 0 saturated heterocycles. The summed E-state index contributed by atoms with van der Waals surface area (Å²) in [5, 5.41) is 29.3. The number of carbonyl (C=O) groups excluding carboxylic acids is 8. The molecule has 0 spiro atoms. The molecule has 750 valence electrons. The number of amides is 3. The number of carboxylic acids is 1. The number of hydrogen-bond acceptors (Lipinski definition) is 35. The number of ether oxygens (including phenoxy) is 7. The quantitative estimate of drug-likeness (QED) is 0.00739. The summed E-state index contributed by atoms with van der Waals surface area (Å²) in [6.45, 7) is 14.6. The maximum atomic E-state index is 13.1. The highest BCUT2D eigenvalue weighted by Gasteiger charge is 2.46. The van der Waals surface area contributed by atoms with Crippen LogP contribution in [0.5, 0.6) is 11.5 Å². The summed E-state index contributed by atoms with van der Waals surface area (Å²) in [6.07, 6.45) is 34.5. The van der Waals surface area contributed by atoms with Crippen LogP contribution < -0.4 is 72.0 Å². The molecule has 0 radical (unpaired) electrons. The largest absolute Gasteiger partial charge is 0.491 e. The van der Waals surface area contributed by atoms with Gasteiger partial charge in [-0.1, -0.05) is 113 Å². The number of hydrogen-bond donors (Lipinski definition) is 7. The molecule has 5 fully saturated rings. The number of likely N-dealkylation sites (N-methyl/N-ethyl adjacent to an activating group) is 2. The highest BCUT2D eigenvalue weighted by atomic mass is 35.5. The van der Waals surface area contributed by atoms with E-state index in [-0.39, 0.29) is 99.2 Å². The second kappa shape index (κ2) is 52.9. The molecule has 137 heavy (non-hydrogen) atoms. The lowest BCUT2D eigenvalue weighted by atomic mass is 10.0. The Kier molecular flexibility index (Phi) is 42.2. The van der Waals surface area contributed by atoms with E-state index in [1.807, 2.05) is 41.5 Å². The first-order valence-corrected chi connectivity index (χ1v) is 48.5. The van der Waals surface area contributed by atoms with Gasteiger partial charge in [-0.15, -0.1) is 0 Å². The van der Waals surface area contributed by atoms with E-state index in [0.717, 1.165) is 136 Å². The van der Waals surface area contributed by atoms with Crippen molar-refractivity contribution in [1.29, 1.82) is 0 Å². The number of nitrogens with zero attached hydrogens (tertiary/aromatic N) is 15. The first-order chi connectivity index (χ1) is 65.8. The Bertz CT molecular complexity index is 5120. The molecule has 4 aromatic heterocycles. The zero-order valence-electron chi connectivity index (χ0n) is 80.8. The number of nitrogens with two attached hydrogens (primary N) is 3. The van der Waals surface area contributed by atoms with E-state index in [4.69, 9.17) is 85.8 Å². The van der Waals surface area contributed by atoms with Gasteiger partial charge in [0.2, 0.25) is 45.3 Å². The molecular weight excluding hydrogens is 1830 g/mol. The van der Waals surface area contributed by atoms with Crippen molar-refractivity contribution in [1.82, 2.24) is 45.2 Å². The van der Waals surface area contributed by atoms with Crippen molar-refractivity contribution < 1.29 is 86.3 Å². The first kappa shape index (κ1) is 109. The van der Waals surface area contributed by atoms with Gasteiger partial charge in [0, 0.05) is 68.3 Å². The Morgan fingerprint density at radius 3 is 1.45 bits per heavy atom. The van der Waals surface area contributed by atoms with Gasteiger partial charge in [0.05, 0.1) is 94.8 Å². The van der Waals surface area contributed by atoms with Crippen molar-refractivity contribution in [2.45, 2.75) is 307 Å². The number of halogens is 3. The fourth-order valence-electron chi connectivity index (χ4n) is 18.8. The van der Waals surface area contributed by atoms with Crippen molar-refractivity contribution in [2.24, 2.45) is 11.5 Å². The smallest absolute Gasteiger partial charge is 0.338 e. The SMILES string of the molecule is CC[C@@H](N)C(=O)O.CC[C@@H](N)C(=O)OC.CC[C@@H](NC1CCCC1)C(=O)OC.CC[C@@H]1C(=O)N(C)c2cnc(Cl)nc2N1C1CCCC1.CC[C@@H]1C(=O)N(C)c2cnc(Nc3ccc(C(=O)OC)c4c3OCC4)nc2N1C1CCCC1.CC[C@@H]1C(=O)Nc2cnc(Cl)nc2N1C1CCCC1.CC[C@H](C(=O)OC)N(c1nc(Cl)ncc1[N+](=O)[O-])C1CCCC1.COC(=O)c1ccc(N)c2c1CCO2. The molecule has 5 aliphatic carbocycles. The lowest BCUT2D eigenvalue weighted by Crippen LogP contribution is -2.55. The number of benzene rings is 2. The van der Waals surface area contributed by atoms with E-state index in [1.165, 1.54) is 99.8 Å². The second-order valence-corrected chi connectivity index (χ2v) is 35.4. The van der Waals surface area contributed by atoms with Crippen LogP contribution in [0.15, 0.2) is 49.1 Å². The molecule has 10 aliphatic rings. The second-order valence-electron chi connectivity index (χ2n) is 34.4. The lowest BCUT2D eigenvalue weighted by Gasteiger charge is -2.43. The Hall–Kier alpha value is -11.5. The van der Waals surface area contributed by atoms with Crippen molar-refractivity contribution >= 4 is 152 Å². The van der Waals surface area contributed by atoms with Gasteiger partial charge in [-0.2, -0.15) is 19.9 Å². The molecule has 9 heterocycles. The van der Waals surface area contributed by atoms with Crippen LogP contribution >= 0.6 is 34.8 Å². The molecule has 5 saturated carbocycles. The topological polar surface area (TPSA) is 518 Å². The Balaban J connectivity index is 0.000000183. The molecule has 40 nitrogen and oxygen atoms in total. The van der Waals surface area contributed by atoms with Crippen LogP contribution in [0.25, 0.3) is 0 Å². The molecule has 6 aromatic rings. The molecule has 3 amide bonds. The van der Waals surface area contributed by atoms with Crippen LogP contribution in [0.3, 0.4) is 0 Å². The number of anilines is 10. The molecule has 10 N–H and O–H groups in total. The summed E-state index contributed by atoms with van der Waals surface area (Å²) in [5.41, 5.74) is 21.9. The standard InChI is InChI=1S/C24H29N5O4.C14H19ClN4O4.C14H19ClN4O.C13H17ClN4O.C10H11NO3.C10H19NO2.C5H11NO2.C4H9NO2/c1-4-18-22(30)28(2)19-13-25-24(27-21(19)29(18)14-7-5-6-8-14)26-17-10-9-16(23(31)32-3)15-11-12-33-20(15)17;1-3-10(13(20)23-2)18(9-6-4-5-7-9)12-11(19(21)22)8-16-14(15)17-12;1-3-10-13(20)18(2)11-8-16-14(15)17-12(11)19(10)9-6-4-5-7-9;1-2-10-12(19)16-9-7-15-13(14)17-11(9)18(10)8-5-3-4-6-8;1-13-10(12)7-2-3-8(11)9-6(7)4-5-14-9;1-3-9(10(12)13-2)11-8-6-4-5-7-8;1-3-4(6)5(7)8-2;1-2-3(5)4(6)7/h9-10,13-14,18H,4-8,11-12H2,1-3H3,(H,25,26,27);8-10H,3-7H2,1-2H3;8-10H,3-7H2,1-2H3;7-8,10H,2-6H2,1H3,(H,16,19);2-3H,4-5,11H2,1H3;8-9,11H,3-7H2,1-2H3;4H,3,6H2,1-2H3;3H,2,5H2,1H3,(H,6,7)/t18-;3*10-;;9-;4-;3-/m1111.111/s1. The van der Waals surface area contributed by atoms with Gasteiger partial charge < -0.3 is 101 Å². The maximum Gasteiger partial charge on any atom is 0.338 e. The number of nitrogen functional groups attached to an aromatic ring is 1. The van der Waals surface area contributed by atoms with E-state index in [9.17, 15) is 53.3 Å². The monoisotopic (exact) mass is 1970 g/mol. The number of carbonyl (C=O) groups is 9. The summed E-state index contributed by atoms with van der Waals surface area (Å²) in [5.74, 6) is 1.84. The fraction of sp³-hybridized carbons (Fsp3) is 0.606. The zero-order chi connectivity index (χ0) is 100. The molecule has 0 bridgehead atoms. The third-order valence-corrected chi connectivity index (χ3v) is 26.6. The fourth-order valence-corrected chi connectivity index (χ4v) is 19.1. The minimum Gasteiger partial charge on any atom is -0.491 e. The Morgan fingerprint density at radius 1 is 0.547 bits per heavy atom. The number of nitro groups is 1. The summed E-state index contributed by atoms with van der Waals surface area (Å²) in [7, 11) is 10.4. The number of esters is 5. The van der Waals surface area contributed by atoms with Crippen molar-refractivity contribution in [3.05, 3.63) is 97.3 Å². The Labute approximate surface area is 814 Å². The van der Waals surface area contributed by atoms with Crippen LogP contribution in [0, 0.1) is 10.1 Å². The average Bonchev–Trinajstić information content (AvgIpc) is 1.72. The number of carboxylic acid groups (broad SMARTS) is 1. The minimum absolute atomic E-state index is 0.0104. The van der Waals surface area contributed by atoms with Gasteiger partial charge in [-0.05, 0) is 168 Å². The molecular formula is C94H134Cl3N21O19. The van der Waals surface area contributed by atoms with Crippen LogP contribution in [0.2, 0.25) is 15.9 Å². The van der Waals surface area contributed by atoms with Gasteiger partial charge in [0.15, 0.2) is 17.5 Å². The van der Waals surface area contributed by atoms with E-state index in [1.54, 1.807) is 78.6 Å². The van der Waals surface area contributed by atoms with Crippen molar-refractivity contribution in [2.75, 3.05) is 109 Å². The minimum atomic E-state index is -0.928. The summed E-state index contributed by atoms with van der Waals surface area (Å²) in [4.78, 5) is 161. The number of nitrogens with one attached hydrogen (secondary N) is 3. The highest BCUT2D eigenvalue weighted by Crippen LogP contribution is 2.46. The molecule has 2 aromatic carbocycles. The third-order valence-electron chi connectivity index (χ3n) is 26.0. The number of rotatable bonds is 24. The number of aromatic nitrogens is 8. The normalized spacial score (nSPS) is 18.8. The molecule has 16 rings (SSSR count). The van der Waals surface area contributed by atoms with E-state index in [0.29, 0.717) is 115 Å². The van der Waals surface area contributed by atoms with Crippen LogP contribution in [0.1, 0.15) is 254 Å². The van der Waals surface area contributed by atoms with Gasteiger partial charge in [0.25, 0.3) is 0 Å². The van der Waals surface area contributed by atoms with Gasteiger partial charge in [0.1, 0.15) is 77.1 Å². The molecule has 7 atom stereocenters. The average molecular weight is 1970 g/mol. The Morgan fingerprint density at radius 2 is 0.993 bits per heavy atom. The predicted molar refractivity (Wildman–Crippen MR) is 522 cm³/mol. The van der Waals surface area contributed by atoms with E-state index < -0.39 is 35.0 Å². The summed E-state index contributed by atoms with van der Waals surface area (Å²) >= 11 is 17.7. The van der Waals surface area contributed by atoms with Crippen LogP contribution in [0.4, 0.5) is 63.3 Å². The predicted octanol–water partition coefficient (Wildman–Crippen LogP) is 13.6. The van der Waals surface area contributed by atoms with Gasteiger partial charge in [-0.25, -0.2) is 34.3 Å². The maximum absolute atomic E-state index is 13.1. The third kappa shape index (κ3) is 27.3. The highest BCUT2D eigenvalue weighted by molar-refractivity contribution is 6.29. The number of aliphatic carboxylic acids is 1. The van der Waals surface area contributed by atoms with Gasteiger partial charge in [-0.3, -0.25) is 38.9 Å². The molecule has 5 aliphatic heterocycles. The first-order valence-electron chi connectivity index (χ1n) is 47.4. The van der Waals surface area contributed by atoms with Crippen molar-refractivity contribution in [3.8, 4) is 11.5 Å². The van der Waals surface area contributed by atoms with Crippen LogP contribution in [-0.2, 0) is 70.1 Å². The molecule has 0 unspecified atom stereocenters.